The van der Waals surface area contributed by atoms with Gasteiger partial charge in [-0.25, -0.2) is 0 Å². The summed E-state index contributed by atoms with van der Waals surface area (Å²) in [6.45, 7) is 3.32. The summed E-state index contributed by atoms with van der Waals surface area (Å²) in [5.74, 6) is -1.00. The van der Waals surface area contributed by atoms with E-state index in [1.165, 1.54) is 0 Å². The number of hydrogen-bond acceptors (Lipinski definition) is 6. The van der Waals surface area contributed by atoms with Crippen LogP contribution in [0.3, 0.4) is 0 Å². The first-order chi connectivity index (χ1) is 11.4. The summed E-state index contributed by atoms with van der Waals surface area (Å²) in [6, 6.07) is 5.65. The van der Waals surface area contributed by atoms with Gasteiger partial charge < -0.3 is 15.0 Å². The van der Waals surface area contributed by atoms with E-state index in [-0.39, 0.29) is 0 Å². The number of aromatic amines is 1. The third kappa shape index (κ3) is 3.75. The van der Waals surface area contributed by atoms with E-state index < -0.39 is 34.6 Å². The van der Waals surface area contributed by atoms with E-state index in [2.05, 4.69) is 15.3 Å². The molecule has 0 atom stereocenters. The van der Waals surface area contributed by atoms with Crippen LogP contribution in [0.4, 0.5) is 11.4 Å². The van der Waals surface area contributed by atoms with Crippen molar-refractivity contribution in [1.82, 2.24) is 9.97 Å². The second-order valence-corrected chi connectivity index (χ2v) is 4.94. The predicted molar refractivity (Wildman–Crippen MR) is 86.2 cm³/mol. The molecule has 0 aliphatic heterocycles. The maximum absolute atomic E-state index is 12.1. The van der Waals surface area contributed by atoms with Crippen molar-refractivity contribution in [3.63, 3.8) is 0 Å². The van der Waals surface area contributed by atoms with Crippen LogP contribution in [0.2, 0.25) is 0 Å². The number of nitrogens with zero attached hydrogens (tertiary/aromatic N) is 2. The Hall–Kier alpha value is -3.23. The number of benzene rings is 1. The number of H-pyrrole nitrogens is 1. The van der Waals surface area contributed by atoms with Crippen molar-refractivity contribution < 1.29 is 14.5 Å². The Bertz CT molecular complexity index is 831. The maximum Gasteiger partial charge on any atom is 0.395 e. The largest absolute Gasteiger partial charge is 0.462 e. The quantitative estimate of drug-likeness (QED) is 0.610. The van der Waals surface area contributed by atoms with Crippen molar-refractivity contribution in [3.8, 4) is 5.88 Å². The van der Waals surface area contributed by atoms with Crippen LogP contribution in [0.15, 0.2) is 29.3 Å². The molecule has 0 saturated heterocycles. The van der Waals surface area contributed by atoms with Gasteiger partial charge in [0.25, 0.3) is 5.91 Å². The minimum atomic E-state index is -0.947. The summed E-state index contributed by atoms with van der Waals surface area (Å²) in [7, 11) is 0. The first-order valence-corrected chi connectivity index (χ1v) is 7.17. The van der Waals surface area contributed by atoms with Crippen molar-refractivity contribution in [1.29, 1.82) is 0 Å². The molecule has 2 aromatic rings. The van der Waals surface area contributed by atoms with Crippen LogP contribution in [-0.2, 0) is 11.2 Å². The molecule has 0 aliphatic rings. The van der Waals surface area contributed by atoms with Gasteiger partial charge in [-0.05, 0) is 24.5 Å². The number of carbonyl (C=O) groups excluding carboxylic acids is 1. The van der Waals surface area contributed by atoms with Crippen LogP contribution in [0, 0.1) is 17.0 Å². The lowest BCUT2D eigenvalue weighted by Gasteiger charge is -2.13. The number of nitrogens with one attached hydrogen (secondary N) is 2. The van der Waals surface area contributed by atoms with Gasteiger partial charge in [0.2, 0.25) is 0 Å². The smallest absolute Gasteiger partial charge is 0.395 e. The number of nitro groups is 1. The summed E-state index contributed by atoms with van der Waals surface area (Å²) in [5, 5.41) is 13.6. The Labute approximate surface area is 136 Å². The highest BCUT2D eigenvalue weighted by molar-refractivity contribution is 5.93. The third-order valence-corrected chi connectivity index (χ3v) is 3.32. The number of aryl methyl sites for hydroxylation is 2. The van der Waals surface area contributed by atoms with Crippen LogP contribution < -0.4 is 15.6 Å². The molecule has 9 nitrogen and oxygen atoms in total. The molecular weight excluding hydrogens is 316 g/mol. The number of hydrogen-bond donors (Lipinski definition) is 2. The van der Waals surface area contributed by atoms with Gasteiger partial charge in [0.05, 0.1) is 11.3 Å². The first kappa shape index (κ1) is 17.1. The van der Waals surface area contributed by atoms with E-state index in [9.17, 15) is 19.7 Å². The number of para-hydroxylation sites is 1. The van der Waals surface area contributed by atoms with Crippen molar-refractivity contribution in [2.75, 3.05) is 11.9 Å². The van der Waals surface area contributed by atoms with Crippen LogP contribution in [0.25, 0.3) is 0 Å². The van der Waals surface area contributed by atoms with Gasteiger partial charge in [-0.1, -0.05) is 25.1 Å². The number of amides is 1. The minimum Gasteiger partial charge on any atom is -0.462 e. The average molecular weight is 332 g/mol. The van der Waals surface area contributed by atoms with Crippen LogP contribution in [-0.4, -0.2) is 27.4 Å². The van der Waals surface area contributed by atoms with E-state index in [0.29, 0.717) is 5.69 Å². The monoisotopic (exact) mass is 332 g/mol. The molecule has 0 fully saturated rings. The van der Waals surface area contributed by atoms with Gasteiger partial charge in [-0.2, -0.15) is 4.98 Å². The number of aromatic nitrogens is 2. The van der Waals surface area contributed by atoms with Gasteiger partial charge in [0, 0.05) is 5.69 Å². The number of anilines is 1. The van der Waals surface area contributed by atoms with E-state index in [0.717, 1.165) is 23.9 Å². The summed E-state index contributed by atoms with van der Waals surface area (Å²) in [5.41, 5.74) is 0.751. The number of ether oxygens (including phenoxy) is 1. The second-order valence-electron chi connectivity index (χ2n) is 4.94. The van der Waals surface area contributed by atoms with Crippen molar-refractivity contribution in [2.24, 2.45) is 0 Å². The molecular formula is C15H16N4O5. The Kier molecular flexibility index (Phi) is 5.25. The molecule has 24 heavy (non-hydrogen) atoms. The first-order valence-electron chi connectivity index (χ1n) is 7.17. The number of carbonyl (C=O) groups is 1. The zero-order valence-electron chi connectivity index (χ0n) is 13.2. The highest BCUT2D eigenvalue weighted by atomic mass is 16.6. The van der Waals surface area contributed by atoms with Gasteiger partial charge in [0.15, 0.2) is 6.61 Å². The molecule has 1 heterocycles. The average Bonchev–Trinajstić information content (AvgIpc) is 2.54. The van der Waals surface area contributed by atoms with Crippen LogP contribution in [0.5, 0.6) is 5.88 Å². The molecule has 2 rings (SSSR count). The van der Waals surface area contributed by atoms with Gasteiger partial charge in [0.1, 0.15) is 0 Å². The Morgan fingerprint density at radius 1 is 1.46 bits per heavy atom. The fourth-order valence-corrected chi connectivity index (χ4v) is 2.15. The van der Waals surface area contributed by atoms with E-state index in [1.54, 1.807) is 0 Å². The molecule has 1 aromatic carbocycles. The highest BCUT2D eigenvalue weighted by Crippen LogP contribution is 2.21. The SMILES string of the molecule is CCc1cccc(C)c1NC(=O)COc1nc[nH]c(=O)c1[N+](=O)[O-]. The zero-order valence-corrected chi connectivity index (χ0v) is 13.2. The van der Waals surface area contributed by atoms with Gasteiger partial charge in [-0.3, -0.25) is 19.7 Å². The zero-order chi connectivity index (χ0) is 17.7. The lowest BCUT2D eigenvalue weighted by Crippen LogP contribution is -2.23. The van der Waals surface area contributed by atoms with E-state index >= 15 is 0 Å². The molecule has 0 aliphatic carbocycles. The van der Waals surface area contributed by atoms with Crippen LogP contribution >= 0.6 is 0 Å². The third-order valence-electron chi connectivity index (χ3n) is 3.32. The van der Waals surface area contributed by atoms with Gasteiger partial charge in [-0.15, -0.1) is 0 Å². The molecule has 0 spiro atoms. The summed E-state index contributed by atoms with van der Waals surface area (Å²) in [6.07, 6.45) is 1.71. The summed E-state index contributed by atoms with van der Waals surface area (Å²) < 4.78 is 5.04. The fraction of sp³-hybridized carbons (Fsp3) is 0.267. The summed E-state index contributed by atoms with van der Waals surface area (Å²) in [4.78, 5) is 39.1. The predicted octanol–water partition coefficient (Wildman–Crippen LogP) is 1.57. The molecule has 0 saturated carbocycles. The molecule has 9 heteroatoms. The standard InChI is InChI=1S/C15H16N4O5/c1-3-10-6-4-5-9(2)12(10)18-11(20)7-24-15-13(19(22)23)14(21)16-8-17-15/h4-6,8H,3,7H2,1-2H3,(H,18,20)(H,16,17,21). The van der Waals surface area contributed by atoms with Crippen molar-refractivity contribution in [2.45, 2.75) is 20.3 Å². The normalized spacial score (nSPS) is 10.2. The molecule has 1 aromatic heterocycles. The molecule has 0 radical (unpaired) electrons. The lowest BCUT2D eigenvalue weighted by molar-refractivity contribution is -0.387. The van der Waals surface area contributed by atoms with Gasteiger partial charge >= 0.3 is 17.1 Å². The van der Waals surface area contributed by atoms with E-state index in [4.69, 9.17) is 4.74 Å². The molecule has 1 amide bonds. The molecule has 126 valence electrons. The van der Waals surface area contributed by atoms with Crippen molar-refractivity contribution in [3.05, 3.63) is 56.1 Å². The fourth-order valence-electron chi connectivity index (χ4n) is 2.15. The topological polar surface area (TPSA) is 127 Å². The highest BCUT2D eigenvalue weighted by Gasteiger charge is 2.23. The Morgan fingerprint density at radius 3 is 2.88 bits per heavy atom. The second kappa shape index (κ2) is 7.36. The van der Waals surface area contributed by atoms with Crippen molar-refractivity contribution >= 4 is 17.3 Å². The molecule has 0 unspecified atom stereocenters. The lowest BCUT2D eigenvalue weighted by atomic mass is 10.1. The summed E-state index contributed by atoms with van der Waals surface area (Å²) >= 11 is 0. The molecule has 2 N–H and O–H groups in total. The minimum absolute atomic E-state index is 0.501. The Balaban J connectivity index is 2.12. The van der Waals surface area contributed by atoms with Crippen LogP contribution in [0.1, 0.15) is 18.1 Å². The maximum atomic E-state index is 12.1. The number of rotatable bonds is 6. The van der Waals surface area contributed by atoms with E-state index in [1.807, 2.05) is 32.0 Å². The Morgan fingerprint density at radius 2 is 2.21 bits per heavy atom. The molecule has 0 bridgehead atoms.